The standard InChI is InChI=1S/C18H26N2O3/c1-2-7-17(21)19-12-15-8-6-11-20(13-15)18(22)14-23-16-9-4-3-5-10-16/h3-5,9-10,15H,2,6-8,11-14H2,1H3,(H,19,21)/t15-/m0/s1. The zero-order chi connectivity index (χ0) is 16.5. The van der Waals surface area contributed by atoms with Crippen LogP contribution in [0.1, 0.15) is 32.6 Å². The normalized spacial score (nSPS) is 17.6. The van der Waals surface area contributed by atoms with Crippen LogP contribution in [-0.4, -0.2) is 43.0 Å². The van der Waals surface area contributed by atoms with Crippen molar-refractivity contribution in [1.82, 2.24) is 10.2 Å². The Morgan fingerprint density at radius 3 is 2.83 bits per heavy atom. The first-order valence-corrected chi connectivity index (χ1v) is 8.41. The maximum Gasteiger partial charge on any atom is 0.260 e. The summed E-state index contributed by atoms with van der Waals surface area (Å²) in [6.07, 6.45) is 3.46. The predicted octanol–water partition coefficient (Wildman–Crippen LogP) is 2.22. The van der Waals surface area contributed by atoms with E-state index in [-0.39, 0.29) is 18.4 Å². The van der Waals surface area contributed by atoms with E-state index >= 15 is 0 Å². The second-order valence-corrected chi connectivity index (χ2v) is 6.00. The van der Waals surface area contributed by atoms with E-state index < -0.39 is 0 Å². The third-order valence-corrected chi connectivity index (χ3v) is 4.04. The highest BCUT2D eigenvalue weighted by Gasteiger charge is 2.24. The number of nitrogens with zero attached hydrogens (tertiary/aromatic N) is 1. The molecule has 1 N–H and O–H groups in total. The molecule has 1 saturated heterocycles. The van der Waals surface area contributed by atoms with E-state index in [2.05, 4.69) is 5.32 Å². The Labute approximate surface area is 138 Å². The van der Waals surface area contributed by atoms with E-state index in [0.717, 1.165) is 25.8 Å². The highest BCUT2D eigenvalue weighted by Crippen LogP contribution is 2.16. The molecule has 5 nitrogen and oxygen atoms in total. The van der Waals surface area contributed by atoms with Crippen LogP contribution in [0.2, 0.25) is 0 Å². The van der Waals surface area contributed by atoms with Crippen LogP contribution in [0.25, 0.3) is 0 Å². The molecule has 1 aliphatic heterocycles. The number of rotatable bonds is 7. The van der Waals surface area contributed by atoms with Crippen molar-refractivity contribution in [3.8, 4) is 5.75 Å². The molecule has 2 rings (SSSR count). The van der Waals surface area contributed by atoms with Gasteiger partial charge >= 0.3 is 0 Å². The van der Waals surface area contributed by atoms with Crippen molar-refractivity contribution in [2.75, 3.05) is 26.2 Å². The largest absolute Gasteiger partial charge is 0.484 e. The molecule has 0 aromatic heterocycles. The molecule has 1 atom stereocenters. The molecule has 1 heterocycles. The van der Waals surface area contributed by atoms with E-state index in [4.69, 9.17) is 4.74 Å². The number of hydrogen-bond acceptors (Lipinski definition) is 3. The number of ether oxygens (including phenoxy) is 1. The average molecular weight is 318 g/mol. The zero-order valence-electron chi connectivity index (χ0n) is 13.8. The molecular formula is C18H26N2O3. The quantitative estimate of drug-likeness (QED) is 0.838. The van der Waals surface area contributed by atoms with E-state index in [1.54, 1.807) is 0 Å². The summed E-state index contributed by atoms with van der Waals surface area (Å²) in [6, 6.07) is 9.37. The van der Waals surface area contributed by atoms with Crippen molar-refractivity contribution in [2.24, 2.45) is 5.92 Å². The SMILES string of the molecule is CCCC(=O)NC[C@@H]1CCCN(C(=O)COc2ccccc2)C1. The number of carbonyl (C=O) groups excluding carboxylic acids is 2. The highest BCUT2D eigenvalue weighted by atomic mass is 16.5. The van der Waals surface area contributed by atoms with E-state index in [9.17, 15) is 9.59 Å². The van der Waals surface area contributed by atoms with E-state index in [0.29, 0.717) is 31.2 Å². The molecule has 0 aliphatic carbocycles. The summed E-state index contributed by atoms with van der Waals surface area (Å²) in [5.74, 6) is 1.16. The van der Waals surface area contributed by atoms with Crippen molar-refractivity contribution in [2.45, 2.75) is 32.6 Å². The zero-order valence-corrected chi connectivity index (χ0v) is 13.8. The molecule has 0 saturated carbocycles. The molecule has 2 amide bonds. The van der Waals surface area contributed by atoms with E-state index in [1.807, 2.05) is 42.2 Å². The third kappa shape index (κ3) is 5.93. The van der Waals surface area contributed by atoms with Gasteiger partial charge in [0.15, 0.2) is 6.61 Å². The molecule has 23 heavy (non-hydrogen) atoms. The lowest BCUT2D eigenvalue weighted by atomic mass is 9.98. The average Bonchev–Trinajstić information content (AvgIpc) is 2.59. The van der Waals surface area contributed by atoms with Crippen LogP contribution in [0.5, 0.6) is 5.75 Å². The Bertz CT molecular complexity index is 504. The molecule has 126 valence electrons. The Morgan fingerprint density at radius 1 is 1.30 bits per heavy atom. The molecule has 1 aliphatic rings. The third-order valence-electron chi connectivity index (χ3n) is 4.04. The maximum absolute atomic E-state index is 12.3. The van der Waals surface area contributed by atoms with Gasteiger partial charge in [-0.25, -0.2) is 0 Å². The van der Waals surface area contributed by atoms with Gasteiger partial charge in [-0.3, -0.25) is 9.59 Å². The van der Waals surface area contributed by atoms with Gasteiger partial charge in [-0.1, -0.05) is 25.1 Å². The maximum atomic E-state index is 12.3. The summed E-state index contributed by atoms with van der Waals surface area (Å²) >= 11 is 0. The van der Waals surface area contributed by atoms with Gasteiger partial charge in [0.05, 0.1) is 0 Å². The topological polar surface area (TPSA) is 58.6 Å². The molecule has 1 aromatic carbocycles. The Hall–Kier alpha value is -2.04. The van der Waals surface area contributed by atoms with Crippen LogP contribution in [0.3, 0.4) is 0 Å². The lowest BCUT2D eigenvalue weighted by Gasteiger charge is -2.32. The van der Waals surface area contributed by atoms with Crippen LogP contribution >= 0.6 is 0 Å². The summed E-state index contributed by atoms with van der Waals surface area (Å²) in [6.45, 7) is 4.19. The summed E-state index contributed by atoms with van der Waals surface area (Å²) < 4.78 is 5.53. The minimum absolute atomic E-state index is 0.0124. The number of para-hydroxylation sites is 1. The molecule has 0 radical (unpaired) electrons. The van der Waals surface area contributed by atoms with Gasteiger partial charge in [-0.15, -0.1) is 0 Å². The summed E-state index contributed by atoms with van der Waals surface area (Å²) in [5.41, 5.74) is 0. The van der Waals surface area contributed by atoms with Gasteiger partial charge in [0, 0.05) is 26.1 Å². The number of likely N-dealkylation sites (tertiary alicyclic amines) is 1. The van der Waals surface area contributed by atoms with Gasteiger partial charge in [0.2, 0.25) is 5.91 Å². The van der Waals surface area contributed by atoms with Crippen LogP contribution in [-0.2, 0) is 9.59 Å². The number of hydrogen-bond donors (Lipinski definition) is 1. The summed E-state index contributed by atoms with van der Waals surface area (Å²) in [7, 11) is 0. The molecule has 1 aromatic rings. The smallest absolute Gasteiger partial charge is 0.260 e. The van der Waals surface area contributed by atoms with Crippen LogP contribution in [0, 0.1) is 5.92 Å². The second kappa shape index (κ2) is 9.18. The first-order chi connectivity index (χ1) is 11.2. The van der Waals surface area contributed by atoms with Gasteiger partial charge in [-0.2, -0.15) is 0 Å². The molecular weight excluding hydrogens is 292 g/mol. The Morgan fingerprint density at radius 2 is 2.09 bits per heavy atom. The number of amides is 2. The highest BCUT2D eigenvalue weighted by molar-refractivity contribution is 5.78. The Balaban J connectivity index is 1.74. The Kier molecular flexibility index (Phi) is 6.91. The van der Waals surface area contributed by atoms with Crippen molar-refractivity contribution in [1.29, 1.82) is 0 Å². The lowest BCUT2D eigenvalue weighted by Crippen LogP contribution is -2.45. The van der Waals surface area contributed by atoms with E-state index in [1.165, 1.54) is 0 Å². The monoisotopic (exact) mass is 318 g/mol. The number of piperidine rings is 1. The number of benzene rings is 1. The molecule has 0 bridgehead atoms. The summed E-state index contributed by atoms with van der Waals surface area (Å²) in [4.78, 5) is 25.7. The number of carbonyl (C=O) groups is 2. The van der Waals surface area contributed by atoms with Gasteiger partial charge in [0.1, 0.15) is 5.75 Å². The molecule has 0 unspecified atom stereocenters. The first kappa shape index (κ1) is 17.3. The van der Waals surface area contributed by atoms with Gasteiger partial charge in [-0.05, 0) is 37.3 Å². The van der Waals surface area contributed by atoms with Gasteiger partial charge in [0.25, 0.3) is 5.91 Å². The predicted molar refractivity (Wildman–Crippen MR) is 89.2 cm³/mol. The van der Waals surface area contributed by atoms with Crippen molar-refractivity contribution in [3.05, 3.63) is 30.3 Å². The van der Waals surface area contributed by atoms with Crippen molar-refractivity contribution < 1.29 is 14.3 Å². The molecule has 0 spiro atoms. The van der Waals surface area contributed by atoms with Crippen LogP contribution < -0.4 is 10.1 Å². The first-order valence-electron chi connectivity index (χ1n) is 8.41. The molecule has 1 fully saturated rings. The van der Waals surface area contributed by atoms with Crippen LogP contribution in [0.15, 0.2) is 30.3 Å². The van der Waals surface area contributed by atoms with Crippen molar-refractivity contribution in [3.63, 3.8) is 0 Å². The summed E-state index contributed by atoms with van der Waals surface area (Å²) in [5, 5.41) is 2.96. The minimum Gasteiger partial charge on any atom is -0.484 e. The van der Waals surface area contributed by atoms with Gasteiger partial charge < -0.3 is 15.0 Å². The van der Waals surface area contributed by atoms with Crippen LogP contribution in [0.4, 0.5) is 0 Å². The lowest BCUT2D eigenvalue weighted by molar-refractivity contribution is -0.135. The second-order valence-electron chi connectivity index (χ2n) is 6.00. The fourth-order valence-corrected chi connectivity index (χ4v) is 2.78. The fourth-order valence-electron chi connectivity index (χ4n) is 2.78. The number of nitrogens with one attached hydrogen (secondary N) is 1. The van der Waals surface area contributed by atoms with Crippen molar-refractivity contribution >= 4 is 11.8 Å². The minimum atomic E-state index is 0.0124. The fraction of sp³-hybridized carbons (Fsp3) is 0.556. The molecule has 5 heteroatoms.